The van der Waals surface area contributed by atoms with Gasteiger partial charge in [-0.25, -0.2) is 4.79 Å². The van der Waals surface area contributed by atoms with E-state index < -0.39 is 6.03 Å². The van der Waals surface area contributed by atoms with Crippen molar-refractivity contribution in [2.45, 2.75) is 25.7 Å². The van der Waals surface area contributed by atoms with Gasteiger partial charge in [-0.1, -0.05) is 59.6 Å². The third kappa shape index (κ3) is 6.68. The molecule has 0 radical (unpaired) electrons. The van der Waals surface area contributed by atoms with Crippen LogP contribution in [0.5, 0.6) is 0 Å². The standard InChI is InChI=1S/C27H28Cl2N4O2/c28-22-10-7-11-23(25(22)29)32-27(35)31-20-12-13-24(33-16-5-2-6-17-33)21(18-20)26(34)30-15-14-19-8-3-1-4-9-19/h1,3-4,7-13,18H,2,5-6,14-17H2,(H,30,34)(H2,31,32,35). The van der Waals surface area contributed by atoms with E-state index in [-0.39, 0.29) is 10.9 Å². The van der Waals surface area contributed by atoms with Crippen molar-refractivity contribution in [2.75, 3.05) is 35.2 Å². The average Bonchev–Trinajstić information content (AvgIpc) is 2.88. The number of carbonyl (C=O) groups is 2. The minimum Gasteiger partial charge on any atom is -0.371 e. The molecule has 1 aliphatic rings. The van der Waals surface area contributed by atoms with Crippen molar-refractivity contribution in [3.63, 3.8) is 0 Å². The zero-order chi connectivity index (χ0) is 24.6. The van der Waals surface area contributed by atoms with Gasteiger partial charge in [-0.3, -0.25) is 4.79 Å². The van der Waals surface area contributed by atoms with E-state index in [1.165, 1.54) is 6.42 Å². The van der Waals surface area contributed by atoms with Crippen LogP contribution in [0, 0.1) is 0 Å². The van der Waals surface area contributed by atoms with Crippen LogP contribution < -0.4 is 20.9 Å². The molecule has 1 saturated heterocycles. The summed E-state index contributed by atoms with van der Waals surface area (Å²) in [4.78, 5) is 28.1. The molecule has 3 aromatic carbocycles. The van der Waals surface area contributed by atoms with Gasteiger partial charge in [0.2, 0.25) is 0 Å². The molecule has 182 valence electrons. The highest BCUT2D eigenvalue weighted by Gasteiger charge is 2.20. The van der Waals surface area contributed by atoms with Crippen molar-refractivity contribution in [3.8, 4) is 0 Å². The van der Waals surface area contributed by atoms with Gasteiger partial charge in [0.15, 0.2) is 0 Å². The minimum absolute atomic E-state index is 0.163. The van der Waals surface area contributed by atoms with Crippen LogP contribution in [0.4, 0.5) is 21.9 Å². The number of benzene rings is 3. The molecule has 0 aromatic heterocycles. The van der Waals surface area contributed by atoms with Crippen molar-refractivity contribution >= 4 is 52.2 Å². The first-order chi connectivity index (χ1) is 17.0. The van der Waals surface area contributed by atoms with Gasteiger partial charge in [0, 0.05) is 31.0 Å². The molecule has 3 N–H and O–H groups in total. The Labute approximate surface area is 215 Å². The van der Waals surface area contributed by atoms with Gasteiger partial charge >= 0.3 is 6.03 Å². The second-order valence-electron chi connectivity index (χ2n) is 8.45. The van der Waals surface area contributed by atoms with E-state index in [1.54, 1.807) is 24.3 Å². The highest BCUT2D eigenvalue weighted by Crippen LogP contribution is 2.30. The summed E-state index contributed by atoms with van der Waals surface area (Å²) in [6.45, 7) is 2.34. The Morgan fingerprint density at radius 2 is 1.63 bits per heavy atom. The van der Waals surface area contributed by atoms with Crippen LogP contribution in [0.3, 0.4) is 0 Å². The number of urea groups is 1. The number of nitrogens with zero attached hydrogens (tertiary/aromatic N) is 1. The fraction of sp³-hybridized carbons (Fsp3) is 0.259. The van der Waals surface area contributed by atoms with Crippen LogP contribution in [-0.4, -0.2) is 31.6 Å². The summed E-state index contributed by atoms with van der Waals surface area (Å²) in [5, 5.41) is 9.15. The number of amides is 3. The lowest BCUT2D eigenvalue weighted by Gasteiger charge is -2.30. The van der Waals surface area contributed by atoms with Gasteiger partial charge < -0.3 is 20.9 Å². The van der Waals surface area contributed by atoms with Gasteiger partial charge in [0.05, 0.1) is 21.3 Å². The van der Waals surface area contributed by atoms with Crippen LogP contribution in [0.2, 0.25) is 10.0 Å². The maximum Gasteiger partial charge on any atom is 0.323 e. The van der Waals surface area contributed by atoms with Crippen molar-refractivity contribution in [1.29, 1.82) is 0 Å². The Kier molecular flexibility index (Phi) is 8.50. The topological polar surface area (TPSA) is 73.5 Å². The molecule has 0 atom stereocenters. The zero-order valence-corrected chi connectivity index (χ0v) is 20.8. The number of piperidine rings is 1. The summed E-state index contributed by atoms with van der Waals surface area (Å²) in [6.07, 6.45) is 4.13. The largest absolute Gasteiger partial charge is 0.371 e. The van der Waals surface area contributed by atoms with E-state index in [4.69, 9.17) is 23.2 Å². The van der Waals surface area contributed by atoms with E-state index in [9.17, 15) is 9.59 Å². The normalized spacial score (nSPS) is 13.3. The summed E-state index contributed by atoms with van der Waals surface area (Å²) >= 11 is 12.2. The summed E-state index contributed by atoms with van der Waals surface area (Å²) in [5.41, 5.74) is 3.50. The Morgan fingerprint density at radius 3 is 2.40 bits per heavy atom. The number of hydrogen-bond acceptors (Lipinski definition) is 3. The molecule has 0 bridgehead atoms. The summed E-state index contributed by atoms with van der Waals surface area (Å²) < 4.78 is 0. The first-order valence-electron chi connectivity index (χ1n) is 11.7. The smallest absolute Gasteiger partial charge is 0.323 e. The second-order valence-corrected chi connectivity index (χ2v) is 9.24. The number of anilines is 3. The van der Waals surface area contributed by atoms with Gasteiger partial charge in [-0.15, -0.1) is 0 Å². The lowest BCUT2D eigenvalue weighted by molar-refractivity contribution is 0.0954. The molecule has 35 heavy (non-hydrogen) atoms. The number of halogens is 2. The molecule has 3 aromatic rings. The maximum atomic E-state index is 13.2. The molecule has 0 aliphatic carbocycles. The molecule has 1 aliphatic heterocycles. The number of nitrogens with one attached hydrogen (secondary N) is 3. The van der Waals surface area contributed by atoms with Crippen LogP contribution >= 0.6 is 23.2 Å². The van der Waals surface area contributed by atoms with Crippen molar-refractivity contribution in [1.82, 2.24) is 5.32 Å². The van der Waals surface area contributed by atoms with E-state index in [1.807, 2.05) is 42.5 Å². The Morgan fingerprint density at radius 1 is 0.857 bits per heavy atom. The summed E-state index contributed by atoms with van der Waals surface area (Å²) in [7, 11) is 0. The monoisotopic (exact) mass is 510 g/mol. The first-order valence-corrected chi connectivity index (χ1v) is 12.5. The highest BCUT2D eigenvalue weighted by atomic mass is 35.5. The number of rotatable bonds is 7. The molecular formula is C27H28Cl2N4O2. The molecule has 3 amide bonds. The molecule has 0 spiro atoms. The minimum atomic E-state index is -0.477. The van der Waals surface area contributed by atoms with Gasteiger partial charge in [0.1, 0.15) is 0 Å². The third-order valence-corrected chi connectivity index (χ3v) is 6.76. The number of hydrogen-bond donors (Lipinski definition) is 3. The van der Waals surface area contributed by atoms with Crippen molar-refractivity contribution < 1.29 is 9.59 Å². The molecule has 0 saturated carbocycles. The Balaban J connectivity index is 1.49. The van der Waals surface area contributed by atoms with E-state index >= 15 is 0 Å². The Bertz CT molecular complexity index is 1180. The van der Waals surface area contributed by atoms with E-state index in [0.29, 0.717) is 28.5 Å². The fourth-order valence-corrected chi connectivity index (χ4v) is 4.50. The lowest BCUT2D eigenvalue weighted by atomic mass is 10.1. The van der Waals surface area contributed by atoms with Gasteiger partial charge in [0.25, 0.3) is 5.91 Å². The summed E-state index contributed by atoms with van der Waals surface area (Å²) in [5.74, 6) is -0.163. The molecular weight excluding hydrogens is 483 g/mol. The van der Waals surface area contributed by atoms with Crippen LogP contribution in [0.1, 0.15) is 35.2 Å². The fourth-order valence-electron chi connectivity index (χ4n) is 4.15. The van der Waals surface area contributed by atoms with Gasteiger partial charge in [-0.2, -0.15) is 0 Å². The molecule has 1 fully saturated rings. The van der Waals surface area contributed by atoms with Crippen molar-refractivity contribution in [3.05, 3.63) is 87.9 Å². The van der Waals surface area contributed by atoms with Crippen molar-refractivity contribution in [2.24, 2.45) is 0 Å². The van der Waals surface area contributed by atoms with Crippen LogP contribution in [0.15, 0.2) is 66.7 Å². The van der Waals surface area contributed by atoms with E-state index in [2.05, 4.69) is 20.9 Å². The molecule has 8 heteroatoms. The molecule has 4 rings (SSSR count). The highest BCUT2D eigenvalue weighted by molar-refractivity contribution is 6.44. The van der Waals surface area contributed by atoms with E-state index in [0.717, 1.165) is 43.6 Å². The number of carbonyl (C=O) groups excluding carboxylic acids is 2. The third-order valence-electron chi connectivity index (χ3n) is 5.94. The average molecular weight is 511 g/mol. The molecule has 6 nitrogen and oxygen atoms in total. The van der Waals surface area contributed by atoms with Crippen LogP contribution in [0.25, 0.3) is 0 Å². The lowest BCUT2D eigenvalue weighted by Crippen LogP contribution is -2.33. The summed E-state index contributed by atoms with van der Waals surface area (Å²) in [6, 6.07) is 20.0. The SMILES string of the molecule is O=C(Nc1ccc(N2CCCCC2)c(C(=O)NCCc2ccccc2)c1)Nc1cccc(Cl)c1Cl. The molecule has 1 heterocycles. The second kappa shape index (κ2) is 12.0. The predicted octanol–water partition coefficient (Wildman–Crippen LogP) is 6.60. The zero-order valence-electron chi connectivity index (χ0n) is 19.3. The first kappa shape index (κ1) is 24.9. The quantitative estimate of drug-likeness (QED) is 0.335. The van der Waals surface area contributed by atoms with Gasteiger partial charge in [-0.05, 0) is 61.6 Å². The Hall–Kier alpha value is -3.22. The maximum absolute atomic E-state index is 13.2. The molecule has 0 unspecified atom stereocenters. The van der Waals surface area contributed by atoms with Crippen LogP contribution in [-0.2, 0) is 6.42 Å². The predicted molar refractivity (Wildman–Crippen MR) is 144 cm³/mol.